The highest BCUT2D eigenvalue weighted by Gasteiger charge is 2.46. The number of carbonyl (C=O) groups is 1. The Hall–Kier alpha value is -3.09. The zero-order valence-corrected chi connectivity index (χ0v) is 20.2. The highest BCUT2D eigenvalue weighted by Crippen LogP contribution is 2.48. The average molecular weight is 494 g/mol. The summed E-state index contributed by atoms with van der Waals surface area (Å²) in [5.41, 5.74) is 3.72. The molecule has 1 aromatic heterocycles. The van der Waals surface area contributed by atoms with Crippen LogP contribution in [0.3, 0.4) is 0 Å². The Morgan fingerprint density at radius 1 is 1.11 bits per heavy atom. The van der Waals surface area contributed by atoms with Gasteiger partial charge in [-0.05, 0) is 80.9 Å². The highest BCUT2D eigenvalue weighted by atomic mass is 35.5. The van der Waals surface area contributed by atoms with E-state index < -0.39 is 11.6 Å². The molecule has 0 unspecified atom stereocenters. The lowest BCUT2D eigenvalue weighted by molar-refractivity contribution is 0.0977. The van der Waals surface area contributed by atoms with Crippen molar-refractivity contribution in [2.24, 2.45) is 0 Å². The Morgan fingerprint density at radius 2 is 1.91 bits per heavy atom. The van der Waals surface area contributed by atoms with Crippen molar-refractivity contribution in [3.05, 3.63) is 99.8 Å². The summed E-state index contributed by atoms with van der Waals surface area (Å²) in [7, 11) is 0. The molecule has 0 radical (unpaired) electrons. The first-order valence-corrected chi connectivity index (χ1v) is 12.1. The second kappa shape index (κ2) is 9.51. The smallest absolute Gasteiger partial charge is 0.258 e. The first-order valence-electron chi connectivity index (χ1n) is 11.7. The molecule has 5 rings (SSSR count). The number of rotatable bonds is 4. The first kappa shape index (κ1) is 23.6. The molecule has 0 N–H and O–H groups in total. The highest BCUT2D eigenvalue weighted by molar-refractivity contribution is 6.30. The SMILES string of the molecule is Cc1cc(C(=O)N2CC3(CCN(CC=Cc4ccc(F)cc4F)CC3)c3cc(Cl)ccc32)ccn1. The molecule has 180 valence electrons. The summed E-state index contributed by atoms with van der Waals surface area (Å²) in [5.74, 6) is -1.17. The fraction of sp³-hybridized carbons (Fsp3) is 0.286. The van der Waals surface area contributed by atoms with Gasteiger partial charge in [0, 0.05) is 58.3 Å². The van der Waals surface area contributed by atoms with Crippen molar-refractivity contribution in [3.63, 3.8) is 0 Å². The van der Waals surface area contributed by atoms with Crippen molar-refractivity contribution >= 4 is 29.3 Å². The normalized spacial score (nSPS) is 17.3. The maximum Gasteiger partial charge on any atom is 0.258 e. The molecule has 2 aliphatic rings. The van der Waals surface area contributed by atoms with Gasteiger partial charge in [-0.2, -0.15) is 0 Å². The monoisotopic (exact) mass is 493 g/mol. The minimum absolute atomic E-state index is 0.0253. The summed E-state index contributed by atoms with van der Waals surface area (Å²) in [4.78, 5) is 21.9. The third kappa shape index (κ3) is 4.73. The summed E-state index contributed by atoms with van der Waals surface area (Å²) in [6.45, 7) is 4.86. The number of amides is 1. The molecule has 0 bridgehead atoms. The molecule has 2 aliphatic heterocycles. The van der Waals surface area contributed by atoms with E-state index in [0.717, 1.165) is 48.9 Å². The van der Waals surface area contributed by atoms with E-state index >= 15 is 0 Å². The molecular formula is C28H26ClF2N3O. The fourth-order valence-electron chi connectivity index (χ4n) is 5.21. The number of piperidine rings is 1. The molecule has 2 aromatic carbocycles. The third-order valence-electron chi connectivity index (χ3n) is 7.11. The lowest BCUT2D eigenvalue weighted by Gasteiger charge is -2.39. The molecule has 0 aliphatic carbocycles. The Kier molecular flexibility index (Phi) is 6.43. The molecule has 0 saturated carbocycles. The van der Waals surface area contributed by atoms with E-state index in [1.54, 1.807) is 18.3 Å². The van der Waals surface area contributed by atoms with Crippen LogP contribution in [0, 0.1) is 18.6 Å². The summed E-state index contributed by atoms with van der Waals surface area (Å²) in [6.07, 6.45) is 7.05. The van der Waals surface area contributed by atoms with Crippen LogP contribution < -0.4 is 4.90 Å². The number of carbonyl (C=O) groups excluding carboxylic acids is 1. The van der Waals surface area contributed by atoms with Crippen LogP contribution in [0.25, 0.3) is 6.08 Å². The second-order valence-electron chi connectivity index (χ2n) is 9.39. The number of aromatic nitrogens is 1. The number of anilines is 1. The average Bonchev–Trinajstić information content (AvgIpc) is 3.14. The molecule has 3 aromatic rings. The van der Waals surface area contributed by atoms with Crippen LogP contribution >= 0.6 is 11.6 Å². The van der Waals surface area contributed by atoms with Gasteiger partial charge in [-0.15, -0.1) is 0 Å². The van der Waals surface area contributed by atoms with Crippen LogP contribution in [-0.2, 0) is 5.41 Å². The van der Waals surface area contributed by atoms with E-state index in [0.29, 0.717) is 29.2 Å². The summed E-state index contributed by atoms with van der Waals surface area (Å²) in [5, 5.41) is 0.670. The lowest BCUT2D eigenvalue weighted by atomic mass is 9.74. The van der Waals surface area contributed by atoms with Gasteiger partial charge in [0.05, 0.1) is 0 Å². The molecular weight excluding hydrogens is 468 g/mol. The maximum atomic E-state index is 13.9. The number of nitrogens with zero attached hydrogens (tertiary/aromatic N) is 3. The summed E-state index contributed by atoms with van der Waals surface area (Å²) in [6, 6.07) is 13.0. The van der Waals surface area contributed by atoms with Gasteiger partial charge in [-0.3, -0.25) is 14.7 Å². The molecule has 7 heteroatoms. The molecule has 1 saturated heterocycles. The molecule has 35 heavy (non-hydrogen) atoms. The Bertz CT molecular complexity index is 1300. The number of aryl methyl sites for hydroxylation is 1. The Balaban J connectivity index is 1.31. The van der Waals surface area contributed by atoms with Gasteiger partial charge in [0.1, 0.15) is 11.6 Å². The zero-order valence-electron chi connectivity index (χ0n) is 19.5. The van der Waals surface area contributed by atoms with Gasteiger partial charge in [0.25, 0.3) is 5.91 Å². The summed E-state index contributed by atoms with van der Waals surface area (Å²) >= 11 is 6.38. The molecule has 4 nitrogen and oxygen atoms in total. The minimum atomic E-state index is -0.579. The van der Waals surface area contributed by atoms with Crippen molar-refractivity contribution in [2.75, 3.05) is 31.1 Å². The Morgan fingerprint density at radius 3 is 2.66 bits per heavy atom. The largest absolute Gasteiger partial charge is 0.307 e. The van der Waals surface area contributed by atoms with Crippen molar-refractivity contribution in [2.45, 2.75) is 25.2 Å². The van der Waals surface area contributed by atoms with Crippen LogP contribution in [0.4, 0.5) is 14.5 Å². The number of hydrogen-bond acceptors (Lipinski definition) is 3. The summed E-state index contributed by atoms with van der Waals surface area (Å²) < 4.78 is 27.0. The Labute approximate surface area is 208 Å². The topological polar surface area (TPSA) is 36.4 Å². The van der Waals surface area contributed by atoms with Crippen LogP contribution in [-0.4, -0.2) is 42.0 Å². The fourth-order valence-corrected chi connectivity index (χ4v) is 5.39. The number of halogens is 3. The van der Waals surface area contributed by atoms with Gasteiger partial charge in [-0.1, -0.05) is 23.8 Å². The zero-order chi connectivity index (χ0) is 24.6. The molecule has 0 atom stereocenters. The first-order chi connectivity index (χ1) is 16.8. The van der Waals surface area contributed by atoms with Crippen molar-refractivity contribution in [1.29, 1.82) is 0 Å². The number of fused-ring (bicyclic) bond motifs is 2. The van der Waals surface area contributed by atoms with Crippen LogP contribution in [0.5, 0.6) is 0 Å². The van der Waals surface area contributed by atoms with E-state index in [4.69, 9.17) is 11.6 Å². The van der Waals surface area contributed by atoms with Crippen LogP contribution in [0.1, 0.15) is 40.0 Å². The maximum absolute atomic E-state index is 13.9. The van der Waals surface area contributed by atoms with Gasteiger partial charge < -0.3 is 4.90 Å². The molecule has 1 amide bonds. The number of hydrogen-bond donors (Lipinski definition) is 0. The standard InChI is InChI=1S/C28H26ClF2N3O/c1-19-15-21(8-11-32-19)27(35)34-18-28(24-16-22(29)5-7-26(24)34)9-13-33(14-10-28)12-2-3-20-4-6-23(30)17-25(20)31/h2-8,11,15-17H,9-10,12-14,18H2,1H3. The predicted octanol–water partition coefficient (Wildman–Crippen LogP) is 6.03. The van der Waals surface area contributed by atoms with E-state index in [-0.39, 0.29) is 11.3 Å². The van der Waals surface area contributed by atoms with Crippen molar-refractivity contribution in [1.82, 2.24) is 9.88 Å². The predicted molar refractivity (Wildman–Crippen MR) is 135 cm³/mol. The quantitative estimate of drug-likeness (QED) is 0.445. The van der Waals surface area contributed by atoms with Crippen LogP contribution in [0.2, 0.25) is 5.02 Å². The van der Waals surface area contributed by atoms with E-state index in [9.17, 15) is 13.6 Å². The van der Waals surface area contributed by atoms with E-state index in [1.165, 1.54) is 12.1 Å². The second-order valence-corrected chi connectivity index (χ2v) is 9.82. The molecule has 1 fully saturated rings. The number of pyridine rings is 1. The van der Waals surface area contributed by atoms with Gasteiger partial charge in [0.15, 0.2) is 0 Å². The van der Waals surface area contributed by atoms with Crippen molar-refractivity contribution < 1.29 is 13.6 Å². The third-order valence-corrected chi connectivity index (χ3v) is 7.34. The van der Waals surface area contributed by atoms with Gasteiger partial charge in [0.2, 0.25) is 0 Å². The van der Waals surface area contributed by atoms with Crippen molar-refractivity contribution in [3.8, 4) is 0 Å². The van der Waals surface area contributed by atoms with E-state index in [1.807, 2.05) is 42.2 Å². The van der Waals surface area contributed by atoms with Crippen LogP contribution in [0.15, 0.2) is 60.8 Å². The lowest BCUT2D eigenvalue weighted by Crippen LogP contribution is -2.46. The molecule has 1 spiro atoms. The van der Waals surface area contributed by atoms with E-state index in [2.05, 4.69) is 9.88 Å². The number of likely N-dealkylation sites (tertiary alicyclic amines) is 1. The van der Waals surface area contributed by atoms with Gasteiger partial charge >= 0.3 is 0 Å². The number of benzene rings is 2. The van der Waals surface area contributed by atoms with Gasteiger partial charge in [-0.25, -0.2) is 8.78 Å². The minimum Gasteiger partial charge on any atom is -0.307 e. The molecule has 3 heterocycles.